The molecule has 0 heterocycles. The molecule has 2 aliphatic rings. The molecule has 2 heteroatoms. The van der Waals surface area contributed by atoms with Crippen molar-refractivity contribution in [1.82, 2.24) is 0 Å². The lowest BCUT2D eigenvalue weighted by Crippen LogP contribution is -2.53. The van der Waals surface area contributed by atoms with E-state index in [9.17, 15) is 9.90 Å². The summed E-state index contributed by atoms with van der Waals surface area (Å²) >= 11 is 0. The number of hydrogen-bond donors (Lipinski definition) is 1. The quantitative estimate of drug-likeness (QED) is 0.622. The van der Waals surface area contributed by atoms with E-state index < -0.39 is 5.60 Å². The minimum absolute atomic E-state index is 0.0269. The van der Waals surface area contributed by atoms with E-state index in [0.717, 1.165) is 25.7 Å². The van der Waals surface area contributed by atoms with Crippen molar-refractivity contribution in [3.8, 4) is 0 Å². The van der Waals surface area contributed by atoms with Crippen molar-refractivity contribution in [2.75, 3.05) is 0 Å². The third-order valence-electron chi connectivity index (χ3n) is 4.14. The molecule has 2 rings (SSSR count). The number of hydrogen-bond acceptors (Lipinski definition) is 2. The molecule has 0 radical (unpaired) electrons. The van der Waals surface area contributed by atoms with Crippen molar-refractivity contribution in [2.45, 2.75) is 57.5 Å². The van der Waals surface area contributed by atoms with Crippen molar-refractivity contribution in [2.24, 2.45) is 5.41 Å². The molecule has 0 spiro atoms. The zero-order valence-corrected chi connectivity index (χ0v) is 8.31. The Morgan fingerprint density at radius 1 is 1.23 bits per heavy atom. The highest BCUT2D eigenvalue weighted by Gasteiger charge is 2.51. The highest BCUT2D eigenvalue weighted by atomic mass is 16.3. The summed E-state index contributed by atoms with van der Waals surface area (Å²) in [6.07, 6.45) is 6.20. The van der Waals surface area contributed by atoms with Crippen LogP contribution >= 0.6 is 0 Å². The van der Waals surface area contributed by atoms with Crippen LogP contribution in [0.25, 0.3) is 0 Å². The Balaban J connectivity index is 2.25. The average Bonchev–Trinajstić information content (AvgIpc) is 2.07. The lowest BCUT2D eigenvalue weighted by Gasteiger charge is -2.51. The van der Waals surface area contributed by atoms with E-state index >= 15 is 0 Å². The molecule has 0 bridgehead atoms. The van der Waals surface area contributed by atoms with E-state index in [1.807, 2.05) is 0 Å². The Morgan fingerprint density at radius 3 is 2.69 bits per heavy atom. The molecule has 0 aromatic rings. The van der Waals surface area contributed by atoms with Crippen LogP contribution in [0.3, 0.4) is 0 Å². The highest BCUT2D eigenvalue weighted by molar-refractivity contribution is 5.80. The summed E-state index contributed by atoms with van der Waals surface area (Å²) in [6.45, 7) is 2.15. The molecular formula is C11H18O2. The van der Waals surface area contributed by atoms with Crippen LogP contribution in [0, 0.1) is 5.41 Å². The normalized spacial score (nSPS) is 45.8. The molecule has 0 aromatic heterocycles. The molecule has 2 saturated carbocycles. The number of carbonyl (C=O) groups is 1. The van der Waals surface area contributed by atoms with Crippen molar-refractivity contribution in [1.29, 1.82) is 0 Å². The summed E-state index contributed by atoms with van der Waals surface area (Å²) < 4.78 is 0. The second kappa shape index (κ2) is 2.81. The van der Waals surface area contributed by atoms with Gasteiger partial charge in [-0.15, -0.1) is 0 Å². The smallest absolute Gasteiger partial charge is 0.135 e. The summed E-state index contributed by atoms with van der Waals surface area (Å²) in [4.78, 5) is 11.3. The molecule has 1 N–H and O–H groups in total. The Labute approximate surface area is 79.3 Å². The van der Waals surface area contributed by atoms with Crippen molar-refractivity contribution in [3.05, 3.63) is 0 Å². The molecule has 2 atom stereocenters. The van der Waals surface area contributed by atoms with E-state index in [-0.39, 0.29) is 11.2 Å². The first-order valence-electron chi connectivity index (χ1n) is 5.30. The summed E-state index contributed by atoms with van der Waals surface area (Å²) in [5, 5.41) is 10.4. The maximum Gasteiger partial charge on any atom is 0.135 e. The lowest BCUT2D eigenvalue weighted by atomic mass is 9.57. The van der Waals surface area contributed by atoms with Crippen LogP contribution in [0.1, 0.15) is 51.9 Å². The van der Waals surface area contributed by atoms with Gasteiger partial charge in [0.2, 0.25) is 0 Å². The number of ketones is 1. The number of rotatable bonds is 0. The maximum atomic E-state index is 11.3. The standard InChI is InChI=1S/C11H18O2/c1-10-5-2-3-6-11(10,13)8-9(12)4-7-10/h13H,2-8H2,1H3/t10-,11+/m1/s1. The highest BCUT2D eigenvalue weighted by Crippen LogP contribution is 2.51. The average molecular weight is 182 g/mol. The Hall–Kier alpha value is -0.370. The van der Waals surface area contributed by atoms with Crippen molar-refractivity contribution in [3.63, 3.8) is 0 Å². The van der Waals surface area contributed by atoms with Crippen molar-refractivity contribution < 1.29 is 9.90 Å². The molecule has 2 fully saturated rings. The van der Waals surface area contributed by atoms with Crippen LogP contribution in [0.2, 0.25) is 0 Å². The number of Topliss-reactive ketones (excluding diaryl/α,β-unsaturated/α-hetero) is 1. The minimum atomic E-state index is -0.666. The van der Waals surface area contributed by atoms with Gasteiger partial charge in [0.25, 0.3) is 0 Å². The second-order valence-electron chi connectivity index (χ2n) is 5.01. The van der Waals surface area contributed by atoms with E-state index in [1.165, 1.54) is 6.42 Å². The third kappa shape index (κ3) is 1.32. The second-order valence-corrected chi connectivity index (χ2v) is 5.01. The first kappa shape index (κ1) is 9.20. The fourth-order valence-corrected chi connectivity index (χ4v) is 2.96. The van der Waals surface area contributed by atoms with Gasteiger partial charge in [-0.1, -0.05) is 19.8 Å². The molecule has 0 aliphatic heterocycles. The Kier molecular flexibility index (Phi) is 1.99. The predicted molar refractivity (Wildman–Crippen MR) is 50.4 cm³/mol. The van der Waals surface area contributed by atoms with Gasteiger partial charge >= 0.3 is 0 Å². The van der Waals surface area contributed by atoms with E-state index in [2.05, 4.69) is 6.92 Å². The van der Waals surface area contributed by atoms with Gasteiger partial charge in [-0.2, -0.15) is 0 Å². The largest absolute Gasteiger partial charge is 0.389 e. The number of aliphatic hydroxyl groups is 1. The van der Waals surface area contributed by atoms with E-state index in [1.54, 1.807) is 0 Å². The molecule has 74 valence electrons. The zero-order valence-electron chi connectivity index (χ0n) is 8.31. The Morgan fingerprint density at radius 2 is 1.92 bits per heavy atom. The van der Waals surface area contributed by atoms with Crippen LogP contribution in [0.5, 0.6) is 0 Å². The summed E-state index contributed by atoms with van der Waals surface area (Å²) in [7, 11) is 0. The summed E-state index contributed by atoms with van der Waals surface area (Å²) in [6, 6.07) is 0. The van der Waals surface area contributed by atoms with Gasteiger partial charge in [-0.05, 0) is 24.7 Å². The van der Waals surface area contributed by atoms with Crippen LogP contribution in [-0.2, 0) is 4.79 Å². The van der Waals surface area contributed by atoms with Gasteiger partial charge in [0.05, 0.1) is 5.60 Å². The SMILES string of the molecule is C[C@]12CCCC[C@]1(O)CC(=O)CC2. The van der Waals surface area contributed by atoms with E-state index in [4.69, 9.17) is 0 Å². The summed E-state index contributed by atoms with van der Waals surface area (Å²) in [5.41, 5.74) is -0.639. The van der Waals surface area contributed by atoms with Gasteiger partial charge in [-0.25, -0.2) is 0 Å². The summed E-state index contributed by atoms with van der Waals surface area (Å²) in [5.74, 6) is 0.252. The first-order valence-corrected chi connectivity index (χ1v) is 5.30. The Bertz CT molecular complexity index is 236. The number of carbonyl (C=O) groups excluding carboxylic acids is 1. The van der Waals surface area contributed by atoms with Crippen LogP contribution in [0.15, 0.2) is 0 Å². The van der Waals surface area contributed by atoms with Gasteiger partial charge in [0, 0.05) is 12.8 Å². The molecule has 0 saturated heterocycles. The van der Waals surface area contributed by atoms with Crippen LogP contribution in [0.4, 0.5) is 0 Å². The monoisotopic (exact) mass is 182 g/mol. The molecular weight excluding hydrogens is 164 g/mol. The number of fused-ring (bicyclic) bond motifs is 1. The van der Waals surface area contributed by atoms with Gasteiger partial charge < -0.3 is 5.11 Å². The van der Waals surface area contributed by atoms with Crippen molar-refractivity contribution >= 4 is 5.78 Å². The van der Waals surface area contributed by atoms with Gasteiger partial charge in [0.15, 0.2) is 0 Å². The molecule has 0 unspecified atom stereocenters. The van der Waals surface area contributed by atoms with Crippen LogP contribution < -0.4 is 0 Å². The fraction of sp³-hybridized carbons (Fsp3) is 0.909. The van der Waals surface area contributed by atoms with Gasteiger partial charge in [0.1, 0.15) is 5.78 Å². The van der Waals surface area contributed by atoms with Gasteiger partial charge in [-0.3, -0.25) is 4.79 Å². The molecule has 13 heavy (non-hydrogen) atoms. The third-order valence-corrected chi connectivity index (χ3v) is 4.14. The minimum Gasteiger partial charge on any atom is -0.389 e. The zero-order chi connectivity index (χ0) is 9.53. The lowest BCUT2D eigenvalue weighted by molar-refractivity contribution is -0.155. The van der Waals surface area contributed by atoms with E-state index in [0.29, 0.717) is 12.8 Å². The molecule has 2 aliphatic carbocycles. The topological polar surface area (TPSA) is 37.3 Å². The molecule has 0 amide bonds. The fourth-order valence-electron chi connectivity index (χ4n) is 2.96. The predicted octanol–water partition coefficient (Wildman–Crippen LogP) is 2.05. The first-order chi connectivity index (χ1) is 6.06. The molecule has 2 nitrogen and oxygen atoms in total. The van der Waals surface area contributed by atoms with Crippen LogP contribution in [-0.4, -0.2) is 16.5 Å². The molecule has 0 aromatic carbocycles. The maximum absolute atomic E-state index is 11.3.